The van der Waals surface area contributed by atoms with E-state index in [2.05, 4.69) is 20.9 Å². The zero-order valence-electron chi connectivity index (χ0n) is 18.7. The van der Waals surface area contributed by atoms with Crippen molar-refractivity contribution in [2.45, 2.75) is 25.3 Å². The number of carboxylic acids is 1. The lowest BCUT2D eigenvalue weighted by atomic mass is 9.87. The molecule has 0 saturated heterocycles. The van der Waals surface area contributed by atoms with Crippen LogP contribution in [0.4, 0.5) is 5.69 Å². The van der Waals surface area contributed by atoms with Crippen LogP contribution in [0.5, 0.6) is 23.1 Å². The molecule has 0 radical (unpaired) electrons. The second-order valence-electron chi connectivity index (χ2n) is 7.72. The summed E-state index contributed by atoms with van der Waals surface area (Å²) >= 11 is 0.836. The molecule has 2 unspecified atom stereocenters. The minimum atomic E-state index is -2.60. The number of rotatable bonds is 9. The van der Waals surface area contributed by atoms with E-state index in [0.29, 0.717) is 46.7 Å². The van der Waals surface area contributed by atoms with Gasteiger partial charge >= 0.3 is 5.97 Å². The molecule has 0 spiro atoms. The Morgan fingerprint density at radius 1 is 1.26 bits per heavy atom. The summed E-state index contributed by atoms with van der Waals surface area (Å²) in [5.41, 5.74) is 1.95. The van der Waals surface area contributed by atoms with Gasteiger partial charge < -0.3 is 23.9 Å². The van der Waals surface area contributed by atoms with E-state index < -0.39 is 29.9 Å². The van der Waals surface area contributed by atoms with Crippen molar-refractivity contribution in [2.24, 2.45) is 0 Å². The lowest BCUT2D eigenvalue weighted by Gasteiger charge is -2.38. The van der Waals surface area contributed by atoms with Gasteiger partial charge in [0, 0.05) is 11.3 Å². The number of ether oxygens (including phenoxy) is 3. The Bertz CT molecular complexity index is 1240. The van der Waals surface area contributed by atoms with Crippen LogP contribution in [0.15, 0.2) is 59.2 Å². The first-order valence-corrected chi connectivity index (χ1v) is 12.5. The summed E-state index contributed by atoms with van der Waals surface area (Å²) in [6.45, 7) is -0.467. The Morgan fingerprint density at radius 3 is 2.66 bits per heavy atom. The SMILES string of the molecule is COc1ccc(Oc2ncc(N(C3CCCc4c(OCC(=O)O)cccc43)S(=O)[O-])cc2Br)cc1. The molecule has 35 heavy (non-hydrogen) atoms. The zero-order valence-corrected chi connectivity index (χ0v) is 21.1. The Kier molecular flexibility index (Phi) is 7.89. The highest BCUT2D eigenvalue weighted by Crippen LogP contribution is 2.42. The second kappa shape index (κ2) is 11.1. The van der Waals surface area contributed by atoms with Crippen molar-refractivity contribution in [3.8, 4) is 23.1 Å². The van der Waals surface area contributed by atoms with Gasteiger partial charge in [-0.1, -0.05) is 12.1 Å². The van der Waals surface area contributed by atoms with Gasteiger partial charge in [0.25, 0.3) is 0 Å². The molecule has 3 aromatic rings. The fourth-order valence-electron chi connectivity index (χ4n) is 4.04. The standard InChI is InChI=1S/C24H23BrN2O7S/c1-32-16-8-10-17(11-9-16)34-24-20(25)12-15(13-26-24)27(35(30)31)21-6-2-5-19-18(21)4-3-7-22(19)33-14-23(28)29/h3-4,7-13,21H,2,5-6,14H2,1H3,(H,28,29)(H,30,31)/p-1. The number of benzene rings is 2. The van der Waals surface area contributed by atoms with Crippen LogP contribution < -0.4 is 18.5 Å². The van der Waals surface area contributed by atoms with E-state index in [9.17, 15) is 13.6 Å². The van der Waals surface area contributed by atoms with Crippen LogP contribution >= 0.6 is 15.9 Å². The number of nitrogens with zero attached hydrogens (tertiary/aromatic N) is 2. The largest absolute Gasteiger partial charge is 0.755 e. The maximum Gasteiger partial charge on any atom is 0.341 e. The number of hydrogen-bond acceptors (Lipinski definition) is 7. The van der Waals surface area contributed by atoms with Gasteiger partial charge in [-0.25, -0.2) is 9.78 Å². The smallest absolute Gasteiger partial charge is 0.341 e. The first-order valence-electron chi connectivity index (χ1n) is 10.7. The molecule has 0 fully saturated rings. The Labute approximate surface area is 213 Å². The van der Waals surface area contributed by atoms with Crippen molar-refractivity contribution < 1.29 is 32.9 Å². The van der Waals surface area contributed by atoms with Gasteiger partial charge in [0.2, 0.25) is 5.88 Å². The number of carboxylic acid groups (broad SMARTS) is 1. The molecule has 0 aliphatic heterocycles. The lowest BCUT2D eigenvalue weighted by Crippen LogP contribution is -2.33. The average molecular weight is 562 g/mol. The van der Waals surface area contributed by atoms with Gasteiger partial charge in [-0.2, -0.15) is 0 Å². The molecule has 184 valence electrons. The first kappa shape index (κ1) is 25.0. The second-order valence-corrected chi connectivity index (χ2v) is 9.40. The fraction of sp³-hybridized carbons (Fsp3) is 0.250. The van der Waals surface area contributed by atoms with E-state index in [4.69, 9.17) is 19.3 Å². The van der Waals surface area contributed by atoms with Crippen LogP contribution in [0.2, 0.25) is 0 Å². The molecule has 4 rings (SSSR count). The number of aromatic nitrogens is 1. The molecule has 9 nitrogen and oxygen atoms in total. The topological polar surface area (TPSA) is 121 Å². The van der Waals surface area contributed by atoms with Gasteiger partial charge in [-0.05, 0) is 82.7 Å². The Balaban J connectivity index is 1.62. The van der Waals surface area contributed by atoms with Crippen LogP contribution in [0.1, 0.15) is 30.0 Å². The highest BCUT2D eigenvalue weighted by atomic mass is 79.9. The molecule has 1 N–H and O–H groups in total. The third-order valence-electron chi connectivity index (χ3n) is 5.55. The zero-order chi connectivity index (χ0) is 24.9. The van der Waals surface area contributed by atoms with Crippen molar-refractivity contribution in [3.05, 3.63) is 70.3 Å². The van der Waals surface area contributed by atoms with Gasteiger partial charge in [0.1, 0.15) is 17.2 Å². The monoisotopic (exact) mass is 561 g/mol. The summed E-state index contributed by atoms with van der Waals surface area (Å²) in [5.74, 6) is 0.895. The molecular weight excluding hydrogens is 540 g/mol. The third kappa shape index (κ3) is 5.75. The molecule has 1 heterocycles. The van der Waals surface area contributed by atoms with Crippen molar-refractivity contribution in [1.29, 1.82) is 0 Å². The number of halogens is 1. The van der Waals surface area contributed by atoms with E-state index in [1.165, 1.54) is 10.5 Å². The predicted octanol–water partition coefficient (Wildman–Crippen LogP) is 4.79. The van der Waals surface area contributed by atoms with Gasteiger partial charge in [0.05, 0.1) is 29.5 Å². The summed E-state index contributed by atoms with van der Waals surface area (Å²) in [4.78, 5) is 15.3. The number of methoxy groups -OCH3 is 1. The molecule has 0 saturated carbocycles. The van der Waals surface area contributed by atoms with Crippen molar-refractivity contribution >= 4 is 38.9 Å². The van der Waals surface area contributed by atoms with Crippen molar-refractivity contribution in [2.75, 3.05) is 18.0 Å². The number of anilines is 1. The molecular formula is C24H22BrN2O7S-. The molecule has 2 aromatic carbocycles. The van der Waals surface area contributed by atoms with E-state index in [0.717, 1.165) is 11.1 Å². The molecule has 0 bridgehead atoms. The minimum Gasteiger partial charge on any atom is -0.755 e. The van der Waals surface area contributed by atoms with Crippen LogP contribution in [0.25, 0.3) is 0 Å². The summed E-state index contributed by atoms with van der Waals surface area (Å²) in [5, 5.41) is 8.96. The van der Waals surface area contributed by atoms with E-state index in [1.807, 2.05) is 6.07 Å². The van der Waals surface area contributed by atoms with Crippen LogP contribution in [0.3, 0.4) is 0 Å². The number of carbonyl (C=O) groups is 1. The van der Waals surface area contributed by atoms with Crippen LogP contribution in [0, 0.1) is 0 Å². The summed E-state index contributed by atoms with van der Waals surface area (Å²) in [7, 11) is 1.58. The molecule has 1 aliphatic carbocycles. The van der Waals surface area contributed by atoms with Crippen LogP contribution in [-0.2, 0) is 22.5 Å². The highest BCUT2D eigenvalue weighted by Gasteiger charge is 2.30. The summed E-state index contributed by atoms with van der Waals surface area (Å²) in [6.07, 6.45) is 3.41. The number of fused-ring (bicyclic) bond motifs is 1. The molecule has 2 atom stereocenters. The lowest BCUT2D eigenvalue weighted by molar-refractivity contribution is -0.139. The molecule has 1 aromatic heterocycles. The first-order chi connectivity index (χ1) is 16.9. The molecule has 0 amide bonds. The number of aliphatic carboxylic acids is 1. The molecule has 11 heteroatoms. The maximum atomic E-state index is 12.4. The Morgan fingerprint density at radius 2 is 2.00 bits per heavy atom. The number of pyridine rings is 1. The van der Waals surface area contributed by atoms with Gasteiger partial charge in [-0.3, -0.25) is 8.51 Å². The minimum absolute atomic E-state index is 0.281. The fourth-order valence-corrected chi connectivity index (χ4v) is 5.16. The third-order valence-corrected chi connectivity index (χ3v) is 6.90. The van der Waals surface area contributed by atoms with Crippen molar-refractivity contribution in [1.82, 2.24) is 4.98 Å². The van der Waals surface area contributed by atoms with Gasteiger partial charge in [0.15, 0.2) is 6.61 Å². The van der Waals surface area contributed by atoms with Crippen LogP contribution in [-0.4, -0.2) is 38.5 Å². The quantitative estimate of drug-likeness (QED) is 0.370. The van der Waals surface area contributed by atoms with E-state index >= 15 is 0 Å². The van der Waals surface area contributed by atoms with Crippen molar-refractivity contribution in [3.63, 3.8) is 0 Å². The maximum absolute atomic E-state index is 12.4. The van der Waals surface area contributed by atoms with E-state index in [-0.39, 0.29) is 5.88 Å². The Hall–Kier alpha value is -3.15. The highest BCUT2D eigenvalue weighted by molar-refractivity contribution is 9.10. The van der Waals surface area contributed by atoms with Gasteiger partial charge in [-0.15, -0.1) is 0 Å². The normalized spacial score (nSPS) is 15.6. The predicted molar refractivity (Wildman–Crippen MR) is 132 cm³/mol. The number of hydrogen-bond donors (Lipinski definition) is 1. The molecule has 1 aliphatic rings. The average Bonchev–Trinajstić information content (AvgIpc) is 2.85. The van der Waals surface area contributed by atoms with E-state index in [1.54, 1.807) is 49.6 Å². The summed E-state index contributed by atoms with van der Waals surface area (Å²) < 4.78 is 42.9. The summed E-state index contributed by atoms with van der Waals surface area (Å²) in [6, 6.07) is 13.4.